The quantitative estimate of drug-likeness (QED) is 0.846. The largest absolute Gasteiger partial charge is 0.481 e. The van der Waals surface area contributed by atoms with Gasteiger partial charge in [0.2, 0.25) is 0 Å². The fourth-order valence-corrected chi connectivity index (χ4v) is 1.95. The van der Waals surface area contributed by atoms with E-state index in [9.17, 15) is 4.79 Å². The SMILES string of the molecule is CC1(c2ccnc3nc(CC(=O)O)nn23)CC1. The van der Waals surface area contributed by atoms with Crippen LogP contribution in [-0.2, 0) is 16.6 Å². The van der Waals surface area contributed by atoms with Crippen LogP contribution < -0.4 is 0 Å². The average molecular weight is 232 g/mol. The number of nitrogens with zero attached hydrogens (tertiary/aromatic N) is 4. The standard InChI is InChI=1S/C11H12N4O2/c1-11(3-4-11)7-2-5-12-10-13-8(6-9(16)17)14-15(7)10/h2,5H,3-4,6H2,1H3,(H,16,17). The maximum atomic E-state index is 10.6. The lowest BCUT2D eigenvalue weighted by Crippen LogP contribution is -2.09. The van der Waals surface area contributed by atoms with Crippen molar-refractivity contribution in [2.75, 3.05) is 0 Å². The van der Waals surface area contributed by atoms with Gasteiger partial charge in [0.25, 0.3) is 5.78 Å². The second kappa shape index (κ2) is 3.26. The number of aliphatic carboxylic acids is 1. The molecular weight excluding hydrogens is 220 g/mol. The van der Waals surface area contributed by atoms with Crippen molar-refractivity contribution in [3.05, 3.63) is 23.8 Å². The molecule has 0 bridgehead atoms. The van der Waals surface area contributed by atoms with Crippen LogP contribution in [0.2, 0.25) is 0 Å². The van der Waals surface area contributed by atoms with Gasteiger partial charge >= 0.3 is 5.97 Å². The normalized spacial score (nSPS) is 17.2. The Labute approximate surface area is 97.3 Å². The summed E-state index contributed by atoms with van der Waals surface area (Å²) in [5.41, 5.74) is 1.21. The Morgan fingerprint density at radius 3 is 3.00 bits per heavy atom. The first kappa shape index (κ1) is 10.2. The van der Waals surface area contributed by atoms with E-state index in [0.29, 0.717) is 11.6 Å². The van der Waals surface area contributed by atoms with E-state index < -0.39 is 5.97 Å². The topological polar surface area (TPSA) is 80.4 Å². The molecule has 0 unspecified atom stereocenters. The Bertz CT molecular complexity index is 601. The molecule has 1 saturated carbocycles. The van der Waals surface area contributed by atoms with E-state index in [2.05, 4.69) is 22.0 Å². The number of fused-ring (bicyclic) bond motifs is 1. The fraction of sp³-hybridized carbons (Fsp3) is 0.455. The highest BCUT2D eigenvalue weighted by Gasteiger charge is 2.41. The number of aromatic nitrogens is 4. The minimum absolute atomic E-state index is 0.148. The lowest BCUT2D eigenvalue weighted by atomic mass is 10.1. The van der Waals surface area contributed by atoms with Gasteiger partial charge in [-0.2, -0.15) is 4.98 Å². The van der Waals surface area contributed by atoms with Gasteiger partial charge in [-0.1, -0.05) is 6.92 Å². The van der Waals surface area contributed by atoms with Crippen molar-refractivity contribution >= 4 is 11.7 Å². The molecule has 0 radical (unpaired) electrons. The zero-order valence-electron chi connectivity index (χ0n) is 9.42. The first-order chi connectivity index (χ1) is 8.08. The Morgan fingerprint density at radius 2 is 2.35 bits per heavy atom. The van der Waals surface area contributed by atoms with Crippen molar-refractivity contribution in [2.24, 2.45) is 0 Å². The van der Waals surface area contributed by atoms with Crippen LogP contribution in [0.1, 0.15) is 31.3 Å². The van der Waals surface area contributed by atoms with Gasteiger partial charge in [0.1, 0.15) is 6.42 Å². The number of hydrogen-bond acceptors (Lipinski definition) is 4. The van der Waals surface area contributed by atoms with E-state index in [4.69, 9.17) is 5.11 Å². The van der Waals surface area contributed by atoms with Crippen LogP contribution in [-0.4, -0.2) is 30.7 Å². The summed E-state index contributed by atoms with van der Waals surface area (Å²) in [5, 5.41) is 12.9. The van der Waals surface area contributed by atoms with E-state index in [1.807, 2.05) is 6.07 Å². The number of carboxylic acid groups (broad SMARTS) is 1. The van der Waals surface area contributed by atoms with Crippen LogP contribution in [0.25, 0.3) is 5.78 Å². The van der Waals surface area contributed by atoms with Crippen LogP contribution in [0.15, 0.2) is 12.3 Å². The molecule has 88 valence electrons. The molecule has 1 aliphatic rings. The fourth-order valence-electron chi connectivity index (χ4n) is 1.95. The molecule has 2 heterocycles. The van der Waals surface area contributed by atoms with E-state index >= 15 is 0 Å². The van der Waals surface area contributed by atoms with Gasteiger partial charge in [0.15, 0.2) is 5.82 Å². The Kier molecular flexibility index (Phi) is 1.95. The zero-order chi connectivity index (χ0) is 12.0. The van der Waals surface area contributed by atoms with Crippen molar-refractivity contribution in [3.63, 3.8) is 0 Å². The maximum absolute atomic E-state index is 10.6. The van der Waals surface area contributed by atoms with Gasteiger partial charge in [-0.15, -0.1) is 5.10 Å². The highest BCUT2D eigenvalue weighted by atomic mass is 16.4. The molecule has 6 nitrogen and oxygen atoms in total. The highest BCUT2D eigenvalue weighted by molar-refractivity contribution is 5.69. The molecule has 0 aliphatic heterocycles. The van der Waals surface area contributed by atoms with E-state index in [0.717, 1.165) is 18.5 Å². The monoisotopic (exact) mass is 232 g/mol. The second-order valence-corrected chi connectivity index (χ2v) is 4.70. The predicted octanol–water partition coefficient (Wildman–Crippen LogP) is 0.803. The summed E-state index contributed by atoms with van der Waals surface area (Å²) < 4.78 is 1.67. The molecule has 0 atom stereocenters. The molecule has 1 fully saturated rings. The molecule has 2 aromatic heterocycles. The van der Waals surface area contributed by atoms with Gasteiger partial charge in [-0.3, -0.25) is 4.79 Å². The van der Waals surface area contributed by atoms with Crippen LogP contribution in [0.4, 0.5) is 0 Å². The third-order valence-electron chi connectivity index (χ3n) is 3.21. The molecule has 0 amide bonds. The molecule has 0 saturated heterocycles. The van der Waals surface area contributed by atoms with Gasteiger partial charge in [0, 0.05) is 11.6 Å². The van der Waals surface area contributed by atoms with Crippen molar-refractivity contribution in [3.8, 4) is 0 Å². The molecule has 17 heavy (non-hydrogen) atoms. The van der Waals surface area contributed by atoms with Crippen molar-refractivity contribution in [1.82, 2.24) is 19.6 Å². The van der Waals surface area contributed by atoms with Gasteiger partial charge < -0.3 is 5.11 Å². The summed E-state index contributed by atoms with van der Waals surface area (Å²) in [5.74, 6) is -0.145. The Hall–Kier alpha value is -1.98. The third-order valence-corrected chi connectivity index (χ3v) is 3.21. The maximum Gasteiger partial charge on any atom is 0.311 e. The van der Waals surface area contributed by atoms with Crippen LogP contribution in [0.3, 0.4) is 0 Å². The minimum atomic E-state index is -0.930. The third kappa shape index (κ3) is 1.65. The molecule has 0 spiro atoms. The summed E-state index contributed by atoms with van der Waals surface area (Å²) >= 11 is 0. The first-order valence-electron chi connectivity index (χ1n) is 5.51. The van der Waals surface area contributed by atoms with Gasteiger partial charge in [-0.25, -0.2) is 9.50 Å². The Morgan fingerprint density at radius 1 is 1.59 bits per heavy atom. The average Bonchev–Trinajstić information content (AvgIpc) is 2.88. The van der Waals surface area contributed by atoms with E-state index in [1.165, 1.54) is 0 Å². The predicted molar refractivity (Wildman–Crippen MR) is 58.7 cm³/mol. The summed E-state index contributed by atoms with van der Waals surface area (Å²) in [7, 11) is 0. The molecule has 2 aromatic rings. The molecule has 1 aliphatic carbocycles. The summed E-state index contributed by atoms with van der Waals surface area (Å²) in [6.45, 7) is 2.17. The van der Waals surface area contributed by atoms with Crippen molar-refractivity contribution in [1.29, 1.82) is 0 Å². The van der Waals surface area contributed by atoms with Crippen LogP contribution >= 0.6 is 0 Å². The lowest BCUT2D eigenvalue weighted by molar-refractivity contribution is -0.136. The lowest BCUT2D eigenvalue weighted by Gasteiger charge is -2.08. The first-order valence-corrected chi connectivity index (χ1v) is 5.51. The highest BCUT2D eigenvalue weighted by Crippen LogP contribution is 2.47. The van der Waals surface area contributed by atoms with E-state index in [1.54, 1.807) is 10.7 Å². The summed E-state index contributed by atoms with van der Waals surface area (Å²) in [6.07, 6.45) is 3.79. The number of carboxylic acids is 1. The molecule has 3 rings (SSSR count). The van der Waals surface area contributed by atoms with Crippen LogP contribution in [0.5, 0.6) is 0 Å². The van der Waals surface area contributed by atoms with Crippen LogP contribution in [0, 0.1) is 0 Å². The molecule has 6 heteroatoms. The number of carbonyl (C=O) groups is 1. The molecule has 0 aromatic carbocycles. The van der Waals surface area contributed by atoms with Crippen molar-refractivity contribution in [2.45, 2.75) is 31.6 Å². The minimum Gasteiger partial charge on any atom is -0.481 e. The number of hydrogen-bond donors (Lipinski definition) is 1. The zero-order valence-corrected chi connectivity index (χ0v) is 9.42. The second-order valence-electron chi connectivity index (χ2n) is 4.70. The smallest absolute Gasteiger partial charge is 0.311 e. The molecular formula is C11H12N4O2. The van der Waals surface area contributed by atoms with Crippen molar-refractivity contribution < 1.29 is 9.90 Å². The van der Waals surface area contributed by atoms with Gasteiger partial charge in [-0.05, 0) is 18.9 Å². The Balaban J connectivity index is 2.12. The van der Waals surface area contributed by atoms with Gasteiger partial charge in [0.05, 0.1) is 5.69 Å². The molecule has 1 N–H and O–H groups in total. The van der Waals surface area contributed by atoms with E-state index in [-0.39, 0.29) is 11.8 Å². The number of rotatable bonds is 3. The summed E-state index contributed by atoms with van der Waals surface area (Å²) in [6, 6.07) is 1.93. The summed E-state index contributed by atoms with van der Waals surface area (Å²) in [4.78, 5) is 18.9.